The summed E-state index contributed by atoms with van der Waals surface area (Å²) in [5.74, 6) is 2.73. The first kappa shape index (κ1) is 82.8. The number of aryl methyl sites for hydroxylation is 3. The fourth-order valence-electron chi connectivity index (χ4n) is 17.1. The van der Waals surface area contributed by atoms with Crippen molar-refractivity contribution >= 4 is 136 Å². The molecule has 4 atom stereocenters. The average molecular weight is 1680 g/mol. The van der Waals surface area contributed by atoms with Gasteiger partial charge in [0.05, 0.1) is 75.2 Å². The molecular weight excluding hydrogens is 1580 g/mol. The van der Waals surface area contributed by atoms with Gasteiger partial charge in [0.25, 0.3) is 22.2 Å². The van der Waals surface area contributed by atoms with Crippen LogP contribution >= 0.6 is 25.1 Å². The van der Waals surface area contributed by atoms with Crippen LogP contribution in [0.1, 0.15) is 142 Å². The first-order chi connectivity index (χ1) is 59.5. The number of fused-ring (bicyclic) bond motifs is 8. The zero-order valence-corrected chi connectivity index (χ0v) is 70.9. The molecule has 1 saturated heterocycles. The third-order valence-electron chi connectivity index (χ3n) is 23.2. The number of aromatic amines is 3. The summed E-state index contributed by atoms with van der Waals surface area (Å²) < 4.78 is 7.49. The summed E-state index contributed by atoms with van der Waals surface area (Å²) in [4.78, 5) is 113. The van der Waals surface area contributed by atoms with Crippen LogP contribution in [-0.4, -0.2) is 113 Å². The Balaban J connectivity index is 0.000000121. The summed E-state index contributed by atoms with van der Waals surface area (Å²) in [5, 5.41) is 21.8. The molecule has 11 aromatic heterocycles. The standard InChI is InChI=1S/C26H22N4O.C23H27N7O.C23H26N6O.C22H17ClN6O.H2S/c1-17-9-8-10-19-15-23(30(26(31)24(17)19)20-11-4-3-5-12-20)18(2)29-25-21-13-6-7-14-22(21)27-16-28-25;1-15-6-5-7-17-12-18(16(2)28-22-20-21(25-13-24-20)26-14-27-22)30(23(31)19(15)17)11-10-29-8-3-4-9-29;1-14-7-6-8-16-11-18(29(23(30)19(14)16)17-9-4-3-5-10-17)15(2)28-22-20-21(25-12-24-20)26-13-27-22;1-13(28-21-19-20(25-11-24-19)26-12-27-21)17-10-14-6-5-9-16(23)18(14)22(30)29(17)15-7-3-2-4-8-15;/h3-16,18H,1-2H3,(H,27,28,29);5-7,12-14,16H,3-4,8-11H2,1-2H3,(H2,24,25,26,27,28);6-8,11-13,15,17H,3-5,9-10H2,1-2H3,(H2,24,25,26,27,28);2-13H,1H3,(H2,24,25,26,27,28);1H2/t18-;;;;/m0..../s1. The van der Waals surface area contributed by atoms with E-state index < -0.39 is 0 Å². The quantitative estimate of drug-likeness (QED) is 0.0420. The van der Waals surface area contributed by atoms with E-state index in [1.165, 1.54) is 51.1 Å². The number of anilines is 4. The molecule has 622 valence electrons. The van der Waals surface area contributed by atoms with Gasteiger partial charge in [-0.15, -0.1) is 0 Å². The van der Waals surface area contributed by atoms with E-state index in [1.54, 1.807) is 40.5 Å². The molecule has 2 fully saturated rings. The van der Waals surface area contributed by atoms with Gasteiger partial charge in [0.2, 0.25) is 0 Å². The van der Waals surface area contributed by atoms with Gasteiger partial charge in [-0.3, -0.25) is 28.3 Å². The minimum absolute atomic E-state index is 0. The number of aromatic nitrogens is 18. The minimum atomic E-state index is -0.248. The molecule has 1 aliphatic carbocycles. The molecule has 29 heteroatoms. The number of benzene rings is 7. The SMILES string of the molecule is CC(Nc1ncnc2nc[nH]c12)c1cc2cccc(Cl)c2c(=O)n1-c1ccccc1.Cc1cccc2cc(C(C)Nc3ncnc4nc[nH]c34)n(C3CCCCC3)c(=O)c12.Cc1cccc2cc(C(C)Nc3ncnc4nc[nH]c34)n(CCN3CCCC3)c(=O)c12.Cc1cccc2cc([C@H](C)Nc3ncnc4ccccc34)n(-c3ccccc3)c(=O)c12.S. The molecule has 1 saturated carbocycles. The van der Waals surface area contributed by atoms with Crippen molar-refractivity contribution in [2.24, 2.45) is 0 Å². The molecule has 20 rings (SSSR count). The highest BCUT2D eigenvalue weighted by Crippen LogP contribution is 2.36. The van der Waals surface area contributed by atoms with Gasteiger partial charge in [-0.25, -0.2) is 54.8 Å². The average Bonchev–Trinajstić information content (AvgIpc) is 1.38. The number of H-pyrrole nitrogens is 3. The van der Waals surface area contributed by atoms with E-state index >= 15 is 0 Å². The number of rotatable bonds is 18. The maximum atomic E-state index is 13.7. The maximum absolute atomic E-state index is 13.7. The van der Waals surface area contributed by atoms with Gasteiger partial charge in [-0.2, -0.15) is 13.5 Å². The van der Waals surface area contributed by atoms with Gasteiger partial charge in [0.15, 0.2) is 34.4 Å². The number of pyridine rings is 4. The van der Waals surface area contributed by atoms with Crippen LogP contribution in [0.15, 0.2) is 245 Å². The van der Waals surface area contributed by atoms with E-state index in [9.17, 15) is 19.2 Å². The fourth-order valence-corrected chi connectivity index (χ4v) is 17.4. The molecule has 3 unspecified atom stereocenters. The monoisotopic (exact) mass is 1680 g/mol. The van der Waals surface area contributed by atoms with Gasteiger partial charge < -0.3 is 50.3 Å². The van der Waals surface area contributed by atoms with Crippen molar-refractivity contribution in [2.45, 2.75) is 130 Å². The highest BCUT2D eigenvalue weighted by atomic mass is 35.5. The predicted octanol–water partition coefficient (Wildman–Crippen LogP) is 17.9. The van der Waals surface area contributed by atoms with Gasteiger partial charge >= 0.3 is 0 Å². The second kappa shape index (κ2) is 36.6. The van der Waals surface area contributed by atoms with E-state index in [0.717, 1.165) is 149 Å². The molecule has 27 nitrogen and oxygen atoms in total. The Morgan fingerprint density at radius 1 is 0.390 bits per heavy atom. The Bertz CT molecular complexity index is 7140. The topological polar surface area (TPSA) is 329 Å². The number of hydrogen-bond acceptors (Lipinski definition) is 20. The first-order valence-corrected chi connectivity index (χ1v) is 41.7. The van der Waals surface area contributed by atoms with E-state index in [2.05, 4.69) is 133 Å². The zero-order chi connectivity index (χ0) is 84.1. The molecule has 0 bridgehead atoms. The van der Waals surface area contributed by atoms with Crippen LogP contribution < -0.4 is 43.5 Å². The Hall–Kier alpha value is -13.8. The second-order valence-electron chi connectivity index (χ2n) is 31.2. The van der Waals surface area contributed by atoms with Crippen molar-refractivity contribution in [1.29, 1.82) is 0 Å². The predicted molar refractivity (Wildman–Crippen MR) is 496 cm³/mol. The van der Waals surface area contributed by atoms with Crippen LogP contribution in [0.2, 0.25) is 5.02 Å². The van der Waals surface area contributed by atoms with Crippen LogP contribution in [0.25, 0.3) is 98.9 Å². The number of likely N-dealkylation sites (tertiary alicyclic amines) is 1. The number of para-hydroxylation sites is 3. The second-order valence-corrected chi connectivity index (χ2v) is 31.6. The lowest BCUT2D eigenvalue weighted by Crippen LogP contribution is -2.32. The smallest absolute Gasteiger partial charge is 0.264 e. The summed E-state index contributed by atoms with van der Waals surface area (Å²) >= 11 is 6.38. The van der Waals surface area contributed by atoms with E-state index in [0.29, 0.717) is 56.9 Å². The van der Waals surface area contributed by atoms with Crippen molar-refractivity contribution in [3.63, 3.8) is 0 Å². The lowest BCUT2D eigenvalue weighted by molar-refractivity contribution is 0.318. The summed E-state index contributed by atoms with van der Waals surface area (Å²) in [6, 6.07) is 58.7. The third-order valence-corrected chi connectivity index (χ3v) is 23.5. The first-order valence-electron chi connectivity index (χ1n) is 41.3. The summed E-state index contributed by atoms with van der Waals surface area (Å²) in [6.45, 7) is 18.0. The number of hydrogen-bond donors (Lipinski definition) is 7. The molecule has 12 heterocycles. The number of imidazole rings is 3. The van der Waals surface area contributed by atoms with Crippen LogP contribution in [0.5, 0.6) is 0 Å². The summed E-state index contributed by atoms with van der Waals surface area (Å²) in [5.41, 5.74) is 13.2. The Morgan fingerprint density at radius 2 is 0.789 bits per heavy atom. The molecule has 0 amide bonds. The normalized spacial score (nSPS) is 14.0. The molecule has 7 N–H and O–H groups in total. The lowest BCUT2D eigenvalue weighted by Gasteiger charge is -2.30. The molecule has 1 aliphatic heterocycles. The molecule has 2 aliphatic rings. The van der Waals surface area contributed by atoms with Crippen molar-refractivity contribution in [3.05, 3.63) is 312 Å². The Morgan fingerprint density at radius 3 is 1.30 bits per heavy atom. The Kier molecular flexibility index (Phi) is 24.7. The van der Waals surface area contributed by atoms with Crippen LogP contribution in [-0.2, 0) is 6.54 Å². The molecule has 0 radical (unpaired) electrons. The van der Waals surface area contributed by atoms with E-state index in [-0.39, 0.29) is 65.9 Å². The number of halogens is 1. The van der Waals surface area contributed by atoms with Crippen molar-refractivity contribution in [1.82, 2.24) is 92.9 Å². The molecule has 0 spiro atoms. The van der Waals surface area contributed by atoms with Gasteiger partial charge in [0, 0.05) is 58.7 Å². The van der Waals surface area contributed by atoms with Crippen LogP contribution in [0, 0.1) is 20.8 Å². The summed E-state index contributed by atoms with van der Waals surface area (Å²) in [6.07, 6.45) is 19.0. The van der Waals surface area contributed by atoms with E-state index in [1.807, 2.05) is 197 Å². The molecule has 123 heavy (non-hydrogen) atoms. The van der Waals surface area contributed by atoms with Crippen LogP contribution in [0.4, 0.5) is 23.3 Å². The Labute approximate surface area is 719 Å². The van der Waals surface area contributed by atoms with Crippen LogP contribution in [0.3, 0.4) is 0 Å². The van der Waals surface area contributed by atoms with Crippen molar-refractivity contribution in [2.75, 3.05) is 40.9 Å². The molecule has 18 aromatic rings. The number of nitrogens with zero attached hydrogens (tertiary/aromatic N) is 16. The van der Waals surface area contributed by atoms with Gasteiger partial charge in [0.1, 0.15) is 47.7 Å². The maximum Gasteiger partial charge on any atom is 0.264 e. The van der Waals surface area contributed by atoms with Gasteiger partial charge in [-0.1, -0.05) is 146 Å². The lowest BCUT2D eigenvalue weighted by atomic mass is 9.93. The van der Waals surface area contributed by atoms with Crippen molar-refractivity contribution < 1.29 is 0 Å². The molecular formula is C94H94ClN23O4S. The third kappa shape index (κ3) is 17.1. The fraction of sp³-hybridized carbons (Fsp3) is 0.245. The highest BCUT2D eigenvalue weighted by Gasteiger charge is 2.27. The van der Waals surface area contributed by atoms with Gasteiger partial charge in [-0.05, 0) is 192 Å². The minimum Gasteiger partial charge on any atom is -0.361 e. The molecule has 7 aromatic carbocycles. The largest absolute Gasteiger partial charge is 0.361 e. The van der Waals surface area contributed by atoms with Crippen molar-refractivity contribution in [3.8, 4) is 11.4 Å². The summed E-state index contributed by atoms with van der Waals surface area (Å²) in [7, 11) is 0. The van der Waals surface area contributed by atoms with E-state index in [4.69, 9.17) is 11.6 Å². The highest BCUT2D eigenvalue weighted by molar-refractivity contribution is 7.59. The number of nitrogens with one attached hydrogen (secondary N) is 7. The zero-order valence-electron chi connectivity index (χ0n) is 69.2.